The number of hydrogen-bond donors (Lipinski definition) is 9. The molecule has 3 fully saturated rings. The van der Waals surface area contributed by atoms with Crippen molar-refractivity contribution in [3.8, 4) is 23.0 Å². The lowest BCUT2D eigenvalue weighted by Crippen LogP contribution is -2.53. The minimum Gasteiger partial charge on any atom is -0.493 e. The second-order valence-electron chi connectivity index (χ2n) is 31.3. The molecule has 5 aliphatic heterocycles. The molecule has 36 nitrogen and oxygen atoms in total. The van der Waals surface area contributed by atoms with E-state index in [1.807, 2.05) is 13.8 Å². The number of nitrogens with one attached hydrogen (secondary N) is 5. The summed E-state index contributed by atoms with van der Waals surface area (Å²) in [4.78, 5) is 180. The van der Waals surface area contributed by atoms with Crippen molar-refractivity contribution in [2.45, 2.75) is 196 Å². The van der Waals surface area contributed by atoms with Crippen molar-refractivity contribution in [3.63, 3.8) is 0 Å². The van der Waals surface area contributed by atoms with Crippen molar-refractivity contribution in [1.82, 2.24) is 36.0 Å². The molecule has 0 spiro atoms. The molecule has 0 aliphatic carbocycles. The molecule has 0 saturated carbocycles. The summed E-state index contributed by atoms with van der Waals surface area (Å²) >= 11 is 0. The zero-order valence-electron chi connectivity index (χ0n) is 69.6. The van der Waals surface area contributed by atoms with Gasteiger partial charge in [0.15, 0.2) is 41.2 Å². The maximum Gasteiger partial charge on any atom is 0.416 e. The largest absolute Gasteiger partial charge is 0.493 e. The van der Waals surface area contributed by atoms with Crippen molar-refractivity contribution < 1.29 is 125 Å². The van der Waals surface area contributed by atoms with Gasteiger partial charge in [-0.1, -0.05) is 92.8 Å². The summed E-state index contributed by atoms with van der Waals surface area (Å²) < 4.78 is 51.3. The van der Waals surface area contributed by atoms with Crippen molar-refractivity contribution in [3.05, 3.63) is 101 Å². The van der Waals surface area contributed by atoms with Gasteiger partial charge in [0.2, 0.25) is 41.4 Å². The highest BCUT2D eigenvalue weighted by Crippen LogP contribution is 2.44. The van der Waals surface area contributed by atoms with E-state index < -0.39 is 108 Å². The SMILES string of the molecule is C.C.COCCOCCC(=O)N[C@H](C(=O)N[C@@H](C)C(=O)Nc1ccc(COC(=O)N2c3cc(OCCCOc4cc5c(cc4OC)C(=O)N4CC(O)C[C@H]4C(O)N5C(=O)OCc4ccc(CC(=O)[C@H](C)NC(=O)[C@@H](CC(=O)CCOCCNC(=O)CCN5C(=O)CC(C(C)C)C5=O)C(C)C)cc4)c(OC)cc3C(=O)N3CC(O)C[C@H]3C2O)cc1)C(C)C. The second-order valence-corrected chi connectivity index (χ2v) is 31.3. The van der Waals surface area contributed by atoms with Gasteiger partial charge in [-0.05, 0) is 85.4 Å². The lowest BCUT2D eigenvalue weighted by molar-refractivity contribution is -0.140. The van der Waals surface area contributed by atoms with Crippen LogP contribution in [0.25, 0.3) is 0 Å². The molecule has 4 aromatic carbocycles. The fraction of sp³-hybridized carbons (Fsp3) is 0.570. The number of carbonyl (C=O) groups excluding carboxylic acids is 13. The normalized spacial score (nSPS) is 19.4. The number of fused-ring (bicyclic) bond motifs is 4. The number of rotatable bonds is 42. The molecule has 5 unspecified atom stereocenters. The van der Waals surface area contributed by atoms with Crippen LogP contribution in [-0.4, -0.2) is 261 Å². The monoisotopic (exact) mass is 1710 g/mol. The van der Waals surface area contributed by atoms with Crippen LogP contribution in [0.5, 0.6) is 23.0 Å². The van der Waals surface area contributed by atoms with E-state index in [4.69, 9.17) is 42.6 Å². The number of benzene rings is 4. The zero-order valence-corrected chi connectivity index (χ0v) is 69.6. The Morgan fingerprint density at radius 1 is 0.533 bits per heavy atom. The summed E-state index contributed by atoms with van der Waals surface area (Å²) in [5.74, 6) is -6.28. The van der Waals surface area contributed by atoms with Gasteiger partial charge in [0, 0.05) is 108 Å². The van der Waals surface area contributed by atoms with Crippen LogP contribution in [0.3, 0.4) is 0 Å². The van der Waals surface area contributed by atoms with Crippen LogP contribution in [0.15, 0.2) is 72.8 Å². The number of nitrogens with zero attached hydrogens (tertiary/aromatic N) is 5. The quantitative estimate of drug-likeness (QED) is 0.0199. The number of aliphatic hydroxyl groups excluding tert-OH is 4. The van der Waals surface area contributed by atoms with Crippen LogP contribution < -0.4 is 55.3 Å². The zero-order chi connectivity index (χ0) is 87.3. The molecule has 4 aromatic rings. The lowest BCUT2D eigenvalue weighted by Gasteiger charge is -2.31. The van der Waals surface area contributed by atoms with Gasteiger partial charge in [-0.25, -0.2) is 19.4 Å². The highest BCUT2D eigenvalue weighted by atomic mass is 16.6. The molecule has 122 heavy (non-hydrogen) atoms. The van der Waals surface area contributed by atoms with Crippen molar-refractivity contribution in [2.75, 3.05) is 109 Å². The third-order valence-corrected chi connectivity index (χ3v) is 21.6. The average molecular weight is 1710 g/mol. The van der Waals surface area contributed by atoms with Gasteiger partial charge in [-0.15, -0.1) is 0 Å². The van der Waals surface area contributed by atoms with Gasteiger partial charge in [0.05, 0.1) is 113 Å². The minimum absolute atomic E-state index is 0. The van der Waals surface area contributed by atoms with Crippen molar-refractivity contribution >= 4 is 94.0 Å². The van der Waals surface area contributed by atoms with E-state index >= 15 is 0 Å². The number of anilines is 3. The van der Waals surface area contributed by atoms with Crippen LogP contribution in [-0.2, 0) is 86.5 Å². The molecule has 11 atom stereocenters. The molecule has 670 valence electrons. The van der Waals surface area contributed by atoms with E-state index in [9.17, 15) is 82.8 Å². The molecule has 3 saturated heterocycles. The fourth-order valence-corrected chi connectivity index (χ4v) is 14.6. The number of aliphatic hydroxyl groups is 4. The highest BCUT2D eigenvalue weighted by molar-refractivity contribution is 6.08. The smallest absolute Gasteiger partial charge is 0.416 e. The molecule has 9 N–H and O–H groups in total. The van der Waals surface area contributed by atoms with E-state index in [1.165, 1.54) is 62.3 Å². The summed E-state index contributed by atoms with van der Waals surface area (Å²) in [6.07, 6.45) is -7.85. The third-order valence-electron chi connectivity index (χ3n) is 21.6. The third kappa shape index (κ3) is 25.4. The summed E-state index contributed by atoms with van der Waals surface area (Å²) in [7, 11) is 4.19. The number of ketones is 2. The van der Waals surface area contributed by atoms with Crippen LogP contribution in [0.4, 0.5) is 26.7 Å². The number of methoxy groups -OCH3 is 3. The molecule has 36 heteroatoms. The Morgan fingerprint density at radius 2 is 1.04 bits per heavy atom. The van der Waals surface area contributed by atoms with Gasteiger partial charge in [-0.3, -0.25) is 57.6 Å². The van der Waals surface area contributed by atoms with Crippen molar-refractivity contribution in [1.29, 1.82) is 0 Å². The molecule has 5 heterocycles. The minimum atomic E-state index is -1.74. The van der Waals surface area contributed by atoms with Crippen molar-refractivity contribution in [2.24, 2.45) is 29.6 Å². The number of carbonyl (C=O) groups is 13. The molecular weight excluding hydrogens is 1590 g/mol. The first-order chi connectivity index (χ1) is 57.2. The summed E-state index contributed by atoms with van der Waals surface area (Å²) in [5, 5.41) is 59.1. The number of Topliss-reactive ketones (excluding diaryl/α,β-unsaturated/α-hetero) is 2. The Labute approximate surface area is 710 Å². The number of hydrogen-bond acceptors (Lipinski definition) is 26. The second kappa shape index (κ2) is 45.8. The number of amides is 11. The molecule has 9 rings (SSSR count). The Morgan fingerprint density at radius 3 is 1.54 bits per heavy atom. The number of likely N-dealkylation sites (tertiary alicyclic amines) is 1. The van der Waals surface area contributed by atoms with Gasteiger partial charge < -0.3 is 99.4 Å². The molecule has 11 amide bonds. The molecule has 0 radical (unpaired) electrons. The van der Waals surface area contributed by atoms with E-state index in [2.05, 4.69) is 26.6 Å². The standard InChI is InChI=1S/C84H112N10O26.2CH4/c1-46(2)58(34-55(95)22-28-115-30-24-85-71(99)21-25-90-73(101)39-59(47(3)4)78(90)105)76(103)86-49(7)66(98)33-51-13-15-52(16-14-51)44-119-83(110)93-62-40-69(67(113-10)37-60(62)79(106)91-42-56(96)35-64(91)81(93)108)117-26-12-27-118-70-41-63-61(38-68(70)114-11)80(107)92-43-57(97)36-65(92)82(109)94(63)84(111)120-45-53-17-19-54(20-18-53)88-75(102)50(8)87-77(104)74(48(5)6)89-72(100)23-29-116-32-31-112-9;;/h13-20,37-38,40-41,46-50,56-59,64-65,74,81-82,96-97,108-109H,12,21-36,39,42-45H2,1-11H3,(H,85,99)(H,86,103)(H,87,104)(H,88,102)(H,89,100);2*1H4/t49-,50-,56?,57?,58-,59?,64-,65-,74-,81?,82?;;/m0../s1. The summed E-state index contributed by atoms with van der Waals surface area (Å²) in [6, 6.07) is 13.1. The predicted molar refractivity (Wildman–Crippen MR) is 443 cm³/mol. The van der Waals surface area contributed by atoms with E-state index in [0.717, 1.165) is 14.7 Å². The maximum atomic E-state index is 14.5. The Bertz CT molecular complexity index is 4320. The summed E-state index contributed by atoms with van der Waals surface area (Å²) in [6.45, 7) is 13.7. The van der Waals surface area contributed by atoms with E-state index in [0.29, 0.717) is 35.6 Å². The van der Waals surface area contributed by atoms with Gasteiger partial charge in [0.25, 0.3) is 11.8 Å². The van der Waals surface area contributed by atoms with Gasteiger partial charge >= 0.3 is 12.2 Å². The topological polar surface area (TPSA) is 462 Å². The first-order valence-corrected chi connectivity index (χ1v) is 40.4. The molecule has 0 aromatic heterocycles. The first-order valence-electron chi connectivity index (χ1n) is 40.4. The number of ether oxygens (including phenoxy) is 9. The predicted octanol–water partition coefficient (Wildman–Crippen LogP) is 5.35. The highest BCUT2D eigenvalue weighted by Gasteiger charge is 2.50. The average Bonchev–Trinajstić information content (AvgIpc) is 1.60. The van der Waals surface area contributed by atoms with Crippen LogP contribution in [0.1, 0.15) is 159 Å². The van der Waals surface area contributed by atoms with Gasteiger partial charge in [0.1, 0.15) is 31.1 Å². The van der Waals surface area contributed by atoms with E-state index in [1.54, 1.807) is 83.1 Å². The van der Waals surface area contributed by atoms with Crippen LogP contribution >= 0.6 is 0 Å². The Kier molecular flexibility index (Phi) is 36.9. The molecule has 5 aliphatic rings. The van der Waals surface area contributed by atoms with Gasteiger partial charge in [-0.2, -0.15) is 0 Å². The van der Waals surface area contributed by atoms with Crippen LogP contribution in [0, 0.1) is 29.6 Å². The summed E-state index contributed by atoms with van der Waals surface area (Å²) in [5.41, 5.74) is 1.41. The molecule has 0 bridgehead atoms. The maximum absolute atomic E-state index is 14.5. The van der Waals surface area contributed by atoms with Crippen LogP contribution in [0.2, 0.25) is 0 Å². The first kappa shape index (κ1) is 98.2. The molecular formula is C86H120N10O26. The van der Waals surface area contributed by atoms with E-state index in [-0.39, 0.29) is 244 Å². The number of imide groups is 1. The Hall–Kier alpha value is -10.9. The fourth-order valence-electron chi connectivity index (χ4n) is 14.6. The Balaban J connectivity index is 0.0000102. The lowest BCUT2D eigenvalue weighted by atomic mass is 9.88.